The van der Waals surface area contributed by atoms with E-state index in [4.69, 9.17) is 35.3 Å². The maximum Gasteiger partial charge on any atom is 0.263 e. The van der Waals surface area contributed by atoms with Gasteiger partial charge < -0.3 is 28.8 Å². The van der Waals surface area contributed by atoms with Crippen molar-refractivity contribution < 1.29 is 37.2 Å². The standard InChI is InChI=1S/C26H21ClN8O8S/c1-39-15-2-4-17(27)20(11-15)43-22-25(33-44(37,38)16-3-5-19-21(12-16)42-13-41-19)29-23(30-26(22)40-9-8-36)14-6-7-28-18(10-14)24-31-34-35-32-24/h2-7,10-12,36H,8-9,13H2,1H3,(H,29,30,33)(H,31,32,34,35). The van der Waals surface area contributed by atoms with Gasteiger partial charge in [0.15, 0.2) is 23.1 Å². The van der Waals surface area contributed by atoms with Crippen molar-refractivity contribution in [3.63, 3.8) is 0 Å². The first kappa shape index (κ1) is 28.8. The van der Waals surface area contributed by atoms with E-state index in [0.717, 1.165) is 0 Å². The Morgan fingerprint density at radius 1 is 1.07 bits per heavy atom. The zero-order chi connectivity index (χ0) is 30.7. The second-order valence-electron chi connectivity index (χ2n) is 8.79. The van der Waals surface area contributed by atoms with Crippen LogP contribution in [0, 0.1) is 0 Å². The van der Waals surface area contributed by atoms with Crippen LogP contribution in [0.25, 0.3) is 22.9 Å². The molecule has 18 heteroatoms. The highest BCUT2D eigenvalue weighted by atomic mass is 35.5. The van der Waals surface area contributed by atoms with Crippen LogP contribution >= 0.6 is 11.6 Å². The molecule has 0 fully saturated rings. The van der Waals surface area contributed by atoms with Gasteiger partial charge >= 0.3 is 0 Å². The summed E-state index contributed by atoms with van der Waals surface area (Å²) in [6.07, 6.45) is 1.47. The normalized spacial score (nSPS) is 12.2. The minimum atomic E-state index is -4.32. The number of fused-ring (bicyclic) bond motifs is 1. The van der Waals surface area contributed by atoms with E-state index in [2.05, 4.69) is 40.3 Å². The molecule has 16 nitrogen and oxygen atoms in total. The number of rotatable bonds is 11. The van der Waals surface area contributed by atoms with Crippen LogP contribution in [-0.2, 0) is 10.0 Å². The van der Waals surface area contributed by atoms with E-state index in [1.807, 2.05) is 0 Å². The van der Waals surface area contributed by atoms with Crippen molar-refractivity contribution in [1.82, 2.24) is 35.6 Å². The van der Waals surface area contributed by atoms with Crippen molar-refractivity contribution in [3.8, 4) is 57.5 Å². The largest absolute Gasteiger partial charge is 0.497 e. The molecule has 44 heavy (non-hydrogen) atoms. The molecule has 1 aliphatic rings. The fraction of sp³-hybridized carbons (Fsp3) is 0.154. The lowest BCUT2D eigenvalue weighted by molar-refractivity contribution is 0.174. The van der Waals surface area contributed by atoms with Gasteiger partial charge in [-0.25, -0.2) is 13.4 Å². The van der Waals surface area contributed by atoms with Crippen molar-refractivity contribution in [2.45, 2.75) is 4.90 Å². The molecule has 0 amide bonds. The maximum absolute atomic E-state index is 13.7. The molecule has 0 unspecified atom stereocenters. The van der Waals surface area contributed by atoms with Gasteiger partial charge in [0, 0.05) is 23.9 Å². The van der Waals surface area contributed by atoms with Crippen LogP contribution < -0.4 is 28.4 Å². The number of tetrazole rings is 1. The summed E-state index contributed by atoms with van der Waals surface area (Å²) >= 11 is 6.40. The third-order valence-corrected chi connectivity index (χ3v) is 7.64. The van der Waals surface area contributed by atoms with E-state index in [1.54, 1.807) is 18.2 Å². The monoisotopic (exact) mass is 640 g/mol. The Morgan fingerprint density at radius 2 is 1.93 bits per heavy atom. The van der Waals surface area contributed by atoms with Crippen molar-refractivity contribution in [1.29, 1.82) is 0 Å². The number of sulfonamides is 1. The maximum atomic E-state index is 13.7. The van der Waals surface area contributed by atoms with Gasteiger partial charge in [0.1, 0.15) is 23.8 Å². The lowest BCUT2D eigenvalue weighted by Crippen LogP contribution is -2.16. The minimum Gasteiger partial charge on any atom is -0.497 e. The number of nitrogens with zero attached hydrogens (tertiary/aromatic N) is 6. The van der Waals surface area contributed by atoms with Gasteiger partial charge in [0.25, 0.3) is 15.9 Å². The first-order valence-corrected chi connectivity index (χ1v) is 14.5. The Kier molecular flexibility index (Phi) is 7.97. The number of hydrogen-bond donors (Lipinski definition) is 3. The van der Waals surface area contributed by atoms with Crippen LogP contribution in [0.4, 0.5) is 5.82 Å². The molecule has 3 aromatic heterocycles. The number of anilines is 1. The zero-order valence-corrected chi connectivity index (χ0v) is 24.2. The number of ether oxygens (including phenoxy) is 5. The summed E-state index contributed by atoms with van der Waals surface area (Å²) < 4.78 is 57.5. The van der Waals surface area contributed by atoms with Gasteiger partial charge in [-0.2, -0.15) is 10.2 Å². The molecule has 0 saturated heterocycles. The fourth-order valence-corrected chi connectivity index (χ4v) is 5.13. The molecular weight excluding hydrogens is 620 g/mol. The van der Waals surface area contributed by atoms with E-state index in [9.17, 15) is 13.5 Å². The predicted octanol–water partition coefficient (Wildman–Crippen LogP) is 3.07. The smallest absolute Gasteiger partial charge is 0.263 e. The minimum absolute atomic E-state index is 0.0116. The highest BCUT2D eigenvalue weighted by Gasteiger charge is 2.27. The molecule has 2 aromatic carbocycles. The lowest BCUT2D eigenvalue weighted by Gasteiger charge is -2.18. The molecule has 0 aliphatic carbocycles. The predicted molar refractivity (Wildman–Crippen MR) is 152 cm³/mol. The Hall–Kier alpha value is -5.26. The molecule has 1 aliphatic heterocycles. The number of aliphatic hydroxyl groups excluding tert-OH is 1. The summed E-state index contributed by atoms with van der Waals surface area (Å²) in [5, 5.41) is 23.4. The summed E-state index contributed by atoms with van der Waals surface area (Å²) in [5.41, 5.74) is 0.729. The van der Waals surface area contributed by atoms with Gasteiger partial charge in [-0.05, 0) is 41.6 Å². The van der Waals surface area contributed by atoms with E-state index in [1.165, 1.54) is 43.6 Å². The molecule has 0 bridgehead atoms. The highest BCUT2D eigenvalue weighted by molar-refractivity contribution is 7.92. The van der Waals surface area contributed by atoms with Gasteiger partial charge in [0.2, 0.25) is 18.4 Å². The van der Waals surface area contributed by atoms with Crippen LogP contribution in [0.3, 0.4) is 0 Å². The number of halogens is 1. The molecule has 6 rings (SSSR count). The molecule has 226 valence electrons. The van der Waals surface area contributed by atoms with E-state index in [0.29, 0.717) is 22.8 Å². The summed E-state index contributed by atoms with van der Waals surface area (Å²) in [7, 11) is -2.85. The lowest BCUT2D eigenvalue weighted by atomic mass is 10.2. The number of aliphatic hydroxyl groups is 1. The molecule has 3 N–H and O–H groups in total. The number of pyridine rings is 1. The van der Waals surface area contributed by atoms with Crippen molar-refractivity contribution in [3.05, 3.63) is 59.8 Å². The molecule has 4 heterocycles. The van der Waals surface area contributed by atoms with E-state index >= 15 is 0 Å². The third kappa shape index (κ3) is 5.96. The number of nitrogens with one attached hydrogen (secondary N) is 2. The highest BCUT2D eigenvalue weighted by Crippen LogP contribution is 2.42. The van der Waals surface area contributed by atoms with Crippen LogP contribution in [0.5, 0.6) is 34.6 Å². The first-order chi connectivity index (χ1) is 21.3. The van der Waals surface area contributed by atoms with Crippen LogP contribution in [0.1, 0.15) is 0 Å². The third-order valence-electron chi connectivity index (χ3n) is 5.99. The van der Waals surface area contributed by atoms with Gasteiger partial charge in [-0.1, -0.05) is 11.6 Å². The van der Waals surface area contributed by atoms with E-state index < -0.39 is 10.0 Å². The Morgan fingerprint density at radius 3 is 2.73 bits per heavy atom. The number of H-pyrrole nitrogens is 1. The second-order valence-corrected chi connectivity index (χ2v) is 10.9. The van der Waals surface area contributed by atoms with Crippen LogP contribution in [0.15, 0.2) is 59.6 Å². The van der Waals surface area contributed by atoms with Crippen LogP contribution in [-0.4, -0.2) is 76.2 Å². The molecule has 0 saturated carbocycles. The quantitative estimate of drug-likeness (QED) is 0.190. The summed E-state index contributed by atoms with van der Waals surface area (Å²) in [4.78, 5) is 13.1. The summed E-state index contributed by atoms with van der Waals surface area (Å²) in [6, 6.07) is 11.9. The van der Waals surface area contributed by atoms with E-state index in [-0.39, 0.29) is 70.5 Å². The molecule has 0 spiro atoms. The van der Waals surface area contributed by atoms with Crippen molar-refractivity contribution in [2.75, 3.05) is 31.8 Å². The molecule has 0 radical (unpaired) electrons. The van der Waals surface area contributed by atoms with Gasteiger partial charge in [-0.3, -0.25) is 9.71 Å². The van der Waals surface area contributed by atoms with Crippen molar-refractivity contribution in [2.24, 2.45) is 0 Å². The average Bonchev–Trinajstić information content (AvgIpc) is 3.74. The number of benzene rings is 2. The molecular formula is C26H21ClN8O8S. The SMILES string of the molecule is COc1ccc(Cl)c(Oc2c(NS(=O)(=O)c3ccc4c(c3)OCO4)nc(-c3ccnc(-c4nn[nH]n4)c3)nc2OCCO)c1. The van der Waals surface area contributed by atoms with Crippen molar-refractivity contribution >= 4 is 27.4 Å². The zero-order valence-electron chi connectivity index (χ0n) is 22.6. The first-order valence-electron chi connectivity index (χ1n) is 12.6. The Balaban J connectivity index is 1.50. The van der Waals surface area contributed by atoms with Crippen LogP contribution in [0.2, 0.25) is 5.02 Å². The average molecular weight is 641 g/mol. The summed E-state index contributed by atoms with van der Waals surface area (Å²) in [6.45, 7) is -0.629. The Labute approximate surface area is 254 Å². The van der Waals surface area contributed by atoms with Gasteiger partial charge in [-0.15, -0.1) is 10.2 Å². The number of hydrogen-bond acceptors (Lipinski definition) is 14. The Bertz CT molecular complexity index is 1930. The molecule has 0 atom stereocenters. The second kappa shape index (κ2) is 12.2. The summed E-state index contributed by atoms with van der Waals surface area (Å²) in [5.74, 6) is 0.623. The number of methoxy groups -OCH3 is 1. The van der Waals surface area contributed by atoms with Gasteiger partial charge in [0.05, 0.1) is 23.6 Å². The number of aromatic amines is 1. The fourth-order valence-electron chi connectivity index (χ4n) is 3.95. The number of aromatic nitrogens is 7. The topological polar surface area (TPSA) is 206 Å². The molecule has 5 aromatic rings.